The van der Waals surface area contributed by atoms with E-state index < -0.39 is 49.5 Å². The molecular weight excluding hydrogens is 803 g/mol. The predicted octanol–water partition coefficient (Wildman–Crippen LogP) is 13.5. The van der Waals surface area contributed by atoms with E-state index in [1.807, 2.05) is 0 Å². The topological polar surface area (TPSA) is 149 Å². The van der Waals surface area contributed by atoms with E-state index in [9.17, 15) is 30.3 Å². The quantitative estimate of drug-likeness (QED) is 0.0331. The van der Waals surface area contributed by atoms with Crippen LogP contribution in [0.1, 0.15) is 290 Å². The molecule has 0 aromatic carbocycles. The highest BCUT2D eigenvalue weighted by atomic mass is 16.7. The van der Waals surface area contributed by atoms with Gasteiger partial charge in [-0.05, 0) is 12.8 Å². The van der Waals surface area contributed by atoms with Crippen molar-refractivity contribution in [3.05, 3.63) is 0 Å². The van der Waals surface area contributed by atoms with Crippen molar-refractivity contribution in [2.24, 2.45) is 0 Å². The van der Waals surface area contributed by atoms with Gasteiger partial charge in [0.1, 0.15) is 24.4 Å². The molecule has 0 saturated carbocycles. The second-order valence-corrected chi connectivity index (χ2v) is 20.1. The lowest BCUT2D eigenvalue weighted by atomic mass is 9.99. The Morgan fingerprint density at radius 3 is 1.11 bits per heavy atom. The average Bonchev–Trinajstić information content (AvgIpc) is 3.29. The van der Waals surface area contributed by atoms with Crippen molar-refractivity contribution in [2.75, 3.05) is 13.2 Å². The number of carbonyl (C=O) groups excluding carboxylic acids is 1. The molecule has 1 rings (SSSR count). The van der Waals surface area contributed by atoms with Crippen molar-refractivity contribution >= 4 is 5.91 Å². The fourth-order valence-electron chi connectivity index (χ4n) is 9.46. The molecule has 7 unspecified atom stereocenters. The van der Waals surface area contributed by atoms with Gasteiger partial charge in [0.2, 0.25) is 5.91 Å². The van der Waals surface area contributed by atoms with Crippen molar-refractivity contribution in [2.45, 2.75) is 333 Å². The average molecular weight is 912 g/mol. The number of ether oxygens (including phenoxy) is 2. The summed E-state index contributed by atoms with van der Waals surface area (Å²) in [6.07, 6.45) is 47.5. The van der Waals surface area contributed by atoms with Crippen LogP contribution in [-0.2, 0) is 14.3 Å². The lowest BCUT2D eigenvalue weighted by Gasteiger charge is -2.40. The number of hydrogen-bond acceptors (Lipinski definition) is 8. The van der Waals surface area contributed by atoms with Crippen LogP contribution in [0.2, 0.25) is 0 Å². The maximum absolute atomic E-state index is 12.9. The third kappa shape index (κ3) is 35.3. The number of rotatable bonds is 49. The molecule has 1 aliphatic rings. The zero-order valence-electron chi connectivity index (χ0n) is 42.3. The molecule has 0 radical (unpaired) electrons. The number of aliphatic hydroxyl groups excluding tert-OH is 5. The predicted molar refractivity (Wildman–Crippen MR) is 268 cm³/mol. The Bertz CT molecular complexity index is 970. The molecule has 6 N–H and O–H groups in total. The van der Waals surface area contributed by atoms with Crippen molar-refractivity contribution in [1.82, 2.24) is 5.32 Å². The third-order valence-corrected chi connectivity index (χ3v) is 14.0. The number of amides is 1. The van der Waals surface area contributed by atoms with Crippen LogP contribution >= 0.6 is 0 Å². The van der Waals surface area contributed by atoms with Crippen LogP contribution in [0.5, 0.6) is 0 Å². The van der Waals surface area contributed by atoms with E-state index in [2.05, 4.69) is 19.2 Å². The smallest absolute Gasteiger partial charge is 0.220 e. The summed E-state index contributed by atoms with van der Waals surface area (Å²) in [6.45, 7) is 3.83. The first-order valence-corrected chi connectivity index (χ1v) is 28.2. The Morgan fingerprint density at radius 2 is 0.781 bits per heavy atom. The van der Waals surface area contributed by atoms with E-state index in [1.54, 1.807) is 0 Å². The van der Waals surface area contributed by atoms with Crippen molar-refractivity contribution in [1.29, 1.82) is 0 Å². The minimum Gasteiger partial charge on any atom is -0.394 e. The monoisotopic (exact) mass is 912 g/mol. The van der Waals surface area contributed by atoms with Crippen LogP contribution in [0.15, 0.2) is 0 Å². The second kappa shape index (κ2) is 45.9. The minimum absolute atomic E-state index is 0.132. The molecule has 64 heavy (non-hydrogen) atoms. The zero-order chi connectivity index (χ0) is 46.6. The van der Waals surface area contributed by atoms with Gasteiger partial charge in [-0.2, -0.15) is 0 Å². The number of nitrogens with one attached hydrogen (secondary N) is 1. The van der Waals surface area contributed by atoms with Crippen LogP contribution in [0, 0.1) is 0 Å². The zero-order valence-corrected chi connectivity index (χ0v) is 42.3. The molecule has 382 valence electrons. The maximum Gasteiger partial charge on any atom is 0.220 e. The highest BCUT2D eigenvalue weighted by Gasteiger charge is 2.44. The van der Waals surface area contributed by atoms with Gasteiger partial charge in [-0.25, -0.2) is 0 Å². The van der Waals surface area contributed by atoms with Crippen LogP contribution in [0.25, 0.3) is 0 Å². The first-order chi connectivity index (χ1) is 31.3. The largest absolute Gasteiger partial charge is 0.394 e. The van der Waals surface area contributed by atoms with Gasteiger partial charge in [-0.3, -0.25) is 4.79 Å². The Kier molecular flexibility index (Phi) is 43.9. The first-order valence-electron chi connectivity index (χ1n) is 28.2. The van der Waals surface area contributed by atoms with Crippen molar-refractivity contribution in [3.8, 4) is 0 Å². The maximum atomic E-state index is 12.9. The number of hydrogen-bond donors (Lipinski definition) is 6. The van der Waals surface area contributed by atoms with Gasteiger partial charge < -0.3 is 40.3 Å². The normalized spacial score (nSPS) is 19.9. The van der Waals surface area contributed by atoms with E-state index in [1.165, 1.54) is 225 Å². The summed E-state index contributed by atoms with van der Waals surface area (Å²) in [6, 6.07) is -0.711. The Morgan fingerprint density at radius 1 is 0.469 bits per heavy atom. The van der Waals surface area contributed by atoms with Gasteiger partial charge in [-0.1, -0.05) is 271 Å². The lowest BCUT2D eigenvalue weighted by Crippen LogP contribution is -2.60. The SMILES string of the molecule is CCCCCCCCCCCCCCCCCCCCCCCCCCCCCCCCCCCC(O)C(COC1OC(CO)C(O)C(O)C1O)NC(=O)CCCCCCCCCC. The van der Waals surface area contributed by atoms with Crippen LogP contribution in [0.4, 0.5) is 0 Å². The number of carbonyl (C=O) groups is 1. The second-order valence-electron chi connectivity index (χ2n) is 20.1. The summed E-state index contributed by atoms with van der Waals surface area (Å²) in [7, 11) is 0. The van der Waals surface area contributed by atoms with Gasteiger partial charge in [0.15, 0.2) is 6.29 Å². The van der Waals surface area contributed by atoms with Crippen LogP contribution in [0.3, 0.4) is 0 Å². The molecule has 0 aromatic rings. The summed E-state index contributed by atoms with van der Waals surface area (Å²) >= 11 is 0. The summed E-state index contributed by atoms with van der Waals surface area (Å²) in [4.78, 5) is 12.9. The standard InChI is InChI=1S/C55H109NO8/c1-3-5-7-9-11-13-14-15-16-17-18-19-20-21-22-23-24-25-26-27-28-29-30-31-32-33-34-35-36-37-38-40-42-44-49(58)48(56-51(59)45-43-41-39-12-10-8-6-4-2)47-63-55-54(62)53(61)52(60)50(46-57)64-55/h48-50,52-55,57-58,60-62H,3-47H2,1-2H3,(H,56,59). The lowest BCUT2D eigenvalue weighted by molar-refractivity contribution is -0.302. The minimum atomic E-state index is -1.55. The van der Waals surface area contributed by atoms with Gasteiger partial charge in [0.05, 0.1) is 25.4 Å². The molecule has 0 aliphatic carbocycles. The first kappa shape index (κ1) is 61.2. The summed E-state index contributed by atoms with van der Waals surface area (Å²) in [5.74, 6) is -0.145. The van der Waals surface area contributed by atoms with Crippen LogP contribution in [-0.4, -0.2) is 87.5 Å². The molecule has 9 nitrogen and oxygen atoms in total. The van der Waals surface area contributed by atoms with Gasteiger partial charge in [0, 0.05) is 6.42 Å². The van der Waals surface area contributed by atoms with Crippen molar-refractivity contribution < 1.29 is 39.8 Å². The molecule has 0 aromatic heterocycles. The molecule has 0 bridgehead atoms. The number of aliphatic hydroxyl groups is 5. The van der Waals surface area contributed by atoms with Gasteiger partial charge >= 0.3 is 0 Å². The molecule has 0 spiro atoms. The number of unbranched alkanes of at least 4 members (excludes halogenated alkanes) is 39. The van der Waals surface area contributed by atoms with E-state index in [0.717, 1.165) is 38.5 Å². The Hall–Kier alpha value is -0.810. The van der Waals surface area contributed by atoms with Crippen molar-refractivity contribution in [3.63, 3.8) is 0 Å². The molecule has 1 saturated heterocycles. The molecule has 9 heteroatoms. The fraction of sp³-hybridized carbons (Fsp3) is 0.982. The van der Waals surface area contributed by atoms with E-state index >= 15 is 0 Å². The van der Waals surface area contributed by atoms with Gasteiger partial charge in [0.25, 0.3) is 0 Å². The highest BCUT2D eigenvalue weighted by molar-refractivity contribution is 5.76. The Balaban J connectivity index is 2.03. The summed E-state index contributed by atoms with van der Waals surface area (Å²) in [5.41, 5.74) is 0. The molecule has 1 heterocycles. The molecule has 7 atom stereocenters. The molecule has 1 amide bonds. The molecule has 1 fully saturated rings. The highest BCUT2D eigenvalue weighted by Crippen LogP contribution is 2.23. The van der Waals surface area contributed by atoms with E-state index in [4.69, 9.17) is 9.47 Å². The van der Waals surface area contributed by atoms with E-state index in [-0.39, 0.29) is 12.5 Å². The Labute approximate surface area is 395 Å². The molecular formula is C55H109NO8. The fourth-order valence-corrected chi connectivity index (χ4v) is 9.46. The molecule has 1 aliphatic heterocycles. The summed E-state index contributed by atoms with van der Waals surface area (Å²) < 4.78 is 11.3. The van der Waals surface area contributed by atoms with Gasteiger partial charge in [-0.15, -0.1) is 0 Å². The van der Waals surface area contributed by atoms with Crippen LogP contribution < -0.4 is 5.32 Å². The third-order valence-electron chi connectivity index (χ3n) is 14.0. The van der Waals surface area contributed by atoms with E-state index in [0.29, 0.717) is 12.8 Å². The summed E-state index contributed by atoms with van der Waals surface area (Å²) in [5, 5.41) is 54.4.